The molecule has 0 spiro atoms. The molecule has 0 fully saturated rings. The molecule has 1 aliphatic rings. The summed E-state index contributed by atoms with van der Waals surface area (Å²) >= 11 is 0. The van der Waals surface area contributed by atoms with Gasteiger partial charge in [-0.1, -0.05) is 78.4 Å². The number of aliphatic imine (C=N–C) groups is 1. The normalized spacial score (nSPS) is 20.0. The summed E-state index contributed by atoms with van der Waals surface area (Å²) in [5, 5.41) is 0. The van der Waals surface area contributed by atoms with Gasteiger partial charge in [-0.15, -0.1) is 0 Å². The zero-order chi connectivity index (χ0) is 20.4. The van der Waals surface area contributed by atoms with Crippen LogP contribution in [0.4, 0.5) is 0 Å². The van der Waals surface area contributed by atoms with E-state index in [0.717, 1.165) is 21.6 Å². The van der Waals surface area contributed by atoms with Crippen molar-refractivity contribution in [3.05, 3.63) is 102 Å². The van der Waals surface area contributed by atoms with Gasteiger partial charge in [-0.05, 0) is 44.0 Å². The third-order valence-electron chi connectivity index (χ3n) is 5.26. The first-order valence-corrected chi connectivity index (χ1v) is 10.9. The molecule has 4 rings (SSSR count). The minimum Gasteiger partial charge on any atom is -0.469 e. The summed E-state index contributed by atoms with van der Waals surface area (Å²) < 4.78 is 19.1. The maximum Gasteiger partial charge on any atom is 0.203 e. The second-order valence-corrected chi connectivity index (χ2v) is 9.86. The second kappa shape index (κ2) is 7.96. The average molecular weight is 404 g/mol. The summed E-state index contributed by atoms with van der Waals surface area (Å²) in [6, 6.07) is 27.9. The fourth-order valence-electron chi connectivity index (χ4n) is 3.53. The van der Waals surface area contributed by atoms with Crippen LogP contribution in [0.2, 0.25) is 0 Å². The van der Waals surface area contributed by atoms with Crippen LogP contribution in [0, 0.1) is 6.92 Å². The molecule has 148 valence electrons. The number of nitrogens with zero attached hydrogens (tertiary/aromatic N) is 1. The van der Waals surface area contributed by atoms with Crippen LogP contribution in [0.15, 0.2) is 94.8 Å². The Kier molecular flexibility index (Phi) is 5.37. The molecule has 0 aliphatic carbocycles. The molecule has 3 aromatic rings. The van der Waals surface area contributed by atoms with Crippen molar-refractivity contribution in [1.29, 1.82) is 0 Å². The molecule has 0 amide bonds. The minimum absolute atomic E-state index is 0.164. The smallest absolute Gasteiger partial charge is 0.203 e. The molecular formula is C25H25NO2S. The van der Waals surface area contributed by atoms with Gasteiger partial charge in [0, 0.05) is 4.90 Å². The van der Waals surface area contributed by atoms with Gasteiger partial charge in [0.2, 0.25) is 5.90 Å². The summed E-state index contributed by atoms with van der Waals surface area (Å²) in [5.74, 6) is 0.541. The van der Waals surface area contributed by atoms with Crippen molar-refractivity contribution in [2.75, 3.05) is 0 Å². The minimum atomic E-state index is -1.29. The first-order valence-electron chi connectivity index (χ1n) is 9.80. The first kappa shape index (κ1) is 19.6. The molecule has 3 nitrogen and oxygen atoms in total. The van der Waals surface area contributed by atoms with Crippen molar-refractivity contribution < 1.29 is 8.95 Å². The van der Waals surface area contributed by atoms with Crippen molar-refractivity contribution in [3.8, 4) is 0 Å². The van der Waals surface area contributed by atoms with Gasteiger partial charge in [0.15, 0.2) is 6.10 Å². The molecular weight excluding hydrogens is 378 g/mol. The molecule has 0 bridgehead atoms. The number of hydrogen-bond acceptors (Lipinski definition) is 3. The lowest BCUT2D eigenvalue weighted by molar-refractivity contribution is 0.189. The van der Waals surface area contributed by atoms with E-state index in [9.17, 15) is 4.21 Å². The van der Waals surface area contributed by atoms with Crippen molar-refractivity contribution in [2.24, 2.45) is 4.99 Å². The number of benzene rings is 3. The highest BCUT2D eigenvalue weighted by atomic mass is 32.2. The summed E-state index contributed by atoms with van der Waals surface area (Å²) in [4.78, 5) is 5.74. The highest BCUT2D eigenvalue weighted by molar-refractivity contribution is 7.87. The van der Waals surface area contributed by atoms with E-state index in [1.165, 1.54) is 0 Å². The Morgan fingerprint density at radius 1 is 0.828 bits per heavy atom. The Morgan fingerprint density at radius 2 is 1.38 bits per heavy atom. The molecule has 0 radical (unpaired) electrons. The van der Waals surface area contributed by atoms with Crippen LogP contribution < -0.4 is 0 Å². The highest BCUT2D eigenvalue weighted by Gasteiger charge is 2.43. The lowest BCUT2D eigenvalue weighted by Crippen LogP contribution is -2.37. The average Bonchev–Trinajstić information content (AvgIpc) is 3.21. The van der Waals surface area contributed by atoms with Gasteiger partial charge in [-0.25, -0.2) is 4.99 Å². The van der Waals surface area contributed by atoms with Gasteiger partial charge >= 0.3 is 0 Å². The molecule has 4 heteroatoms. The number of rotatable bonds is 5. The third kappa shape index (κ3) is 3.90. The van der Waals surface area contributed by atoms with Crippen LogP contribution in [0.1, 0.15) is 42.7 Å². The predicted octanol–water partition coefficient (Wildman–Crippen LogP) is 5.79. The van der Waals surface area contributed by atoms with Crippen LogP contribution in [0.25, 0.3) is 0 Å². The van der Waals surface area contributed by atoms with E-state index in [0.29, 0.717) is 5.90 Å². The molecule has 1 aliphatic heterocycles. The molecule has 0 unspecified atom stereocenters. The Bertz CT molecular complexity index is 1030. The zero-order valence-electron chi connectivity index (χ0n) is 16.9. The maximum atomic E-state index is 13.4. The Hall–Kier alpha value is -2.72. The molecule has 29 heavy (non-hydrogen) atoms. The number of aryl methyl sites for hydroxylation is 1. The summed E-state index contributed by atoms with van der Waals surface area (Å²) in [7, 11) is -1.29. The molecule has 3 atom stereocenters. The largest absolute Gasteiger partial charge is 0.469 e. The molecule has 0 N–H and O–H groups in total. The van der Waals surface area contributed by atoms with E-state index >= 15 is 0 Å². The van der Waals surface area contributed by atoms with Gasteiger partial charge in [0.05, 0.1) is 10.8 Å². The molecule has 1 heterocycles. The summed E-state index contributed by atoms with van der Waals surface area (Å²) in [5.41, 5.74) is 3.30. The predicted molar refractivity (Wildman–Crippen MR) is 119 cm³/mol. The van der Waals surface area contributed by atoms with Gasteiger partial charge in [0.25, 0.3) is 0 Å². The standard InChI is InChI=1S/C25H25NO2S/c1-18-14-16-21(17-15-18)29(27)25(2,3)24-26-22(19-10-6-4-7-11-19)23(28-24)20-12-8-5-9-13-20/h4-17,22-23H,1-3H3/t22-,23+,29-/m0/s1. The quantitative estimate of drug-likeness (QED) is 0.541. The van der Waals surface area contributed by atoms with Crippen LogP contribution >= 0.6 is 0 Å². The van der Waals surface area contributed by atoms with Crippen molar-refractivity contribution in [2.45, 2.75) is 42.6 Å². The van der Waals surface area contributed by atoms with Crippen molar-refractivity contribution in [3.63, 3.8) is 0 Å². The molecule has 0 saturated carbocycles. The Labute approximate surface area is 174 Å². The van der Waals surface area contributed by atoms with E-state index in [2.05, 4.69) is 24.3 Å². The van der Waals surface area contributed by atoms with Crippen molar-refractivity contribution >= 4 is 16.7 Å². The first-order chi connectivity index (χ1) is 14.0. The monoisotopic (exact) mass is 403 g/mol. The second-order valence-electron chi connectivity index (χ2n) is 7.83. The SMILES string of the molecule is Cc1ccc([S@](=O)C(C)(C)C2=N[C@@H](c3ccccc3)[C@@H](c3ccccc3)O2)cc1. The van der Waals surface area contributed by atoms with Crippen LogP contribution in [-0.4, -0.2) is 14.9 Å². The molecule has 0 aromatic heterocycles. The van der Waals surface area contributed by atoms with E-state index in [1.54, 1.807) is 0 Å². The van der Waals surface area contributed by atoms with E-state index < -0.39 is 15.5 Å². The van der Waals surface area contributed by atoms with E-state index in [1.807, 2.05) is 81.4 Å². The Balaban J connectivity index is 1.71. The fraction of sp³-hybridized carbons (Fsp3) is 0.240. The molecule has 0 saturated heterocycles. The fourth-order valence-corrected chi connectivity index (χ4v) is 4.77. The summed E-state index contributed by atoms with van der Waals surface area (Å²) in [6.07, 6.45) is -0.233. The van der Waals surface area contributed by atoms with Crippen molar-refractivity contribution in [1.82, 2.24) is 0 Å². The van der Waals surface area contributed by atoms with Gasteiger partial charge in [-0.3, -0.25) is 4.21 Å². The van der Waals surface area contributed by atoms with Gasteiger partial charge < -0.3 is 4.74 Å². The molecule has 3 aromatic carbocycles. The van der Waals surface area contributed by atoms with Crippen LogP contribution in [0.5, 0.6) is 0 Å². The maximum absolute atomic E-state index is 13.4. The lowest BCUT2D eigenvalue weighted by Gasteiger charge is -2.25. The lowest BCUT2D eigenvalue weighted by atomic mass is 9.97. The zero-order valence-corrected chi connectivity index (χ0v) is 17.7. The topological polar surface area (TPSA) is 38.7 Å². The van der Waals surface area contributed by atoms with E-state index in [-0.39, 0.29) is 12.1 Å². The summed E-state index contributed by atoms with van der Waals surface area (Å²) in [6.45, 7) is 5.91. The highest BCUT2D eigenvalue weighted by Crippen LogP contribution is 2.43. The van der Waals surface area contributed by atoms with Gasteiger partial charge in [-0.2, -0.15) is 0 Å². The van der Waals surface area contributed by atoms with Gasteiger partial charge in [0.1, 0.15) is 10.8 Å². The van der Waals surface area contributed by atoms with Crippen LogP contribution in [-0.2, 0) is 15.5 Å². The van der Waals surface area contributed by atoms with E-state index in [4.69, 9.17) is 9.73 Å². The third-order valence-corrected chi connectivity index (χ3v) is 7.07. The Morgan fingerprint density at radius 3 is 1.97 bits per heavy atom. The number of ether oxygens (including phenoxy) is 1. The van der Waals surface area contributed by atoms with Crippen LogP contribution in [0.3, 0.4) is 0 Å². The number of hydrogen-bond donors (Lipinski definition) is 0.